The van der Waals surface area contributed by atoms with E-state index in [2.05, 4.69) is 156 Å². The molecule has 212 valence electrons. The van der Waals surface area contributed by atoms with Gasteiger partial charge in [0.25, 0.3) is 0 Å². The van der Waals surface area contributed by atoms with Crippen LogP contribution in [0.25, 0.3) is 84.2 Å². The summed E-state index contributed by atoms with van der Waals surface area (Å²) in [4.78, 5) is 10.8. The van der Waals surface area contributed by atoms with Gasteiger partial charge in [0.15, 0.2) is 0 Å². The molecular formula is C42H29N3. The number of fused-ring (bicyclic) bond motifs is 6. The van der Waals surface area contributed by atoms with Gasteiger partial charge in [0.2, 0.25) is 5.95 Å². The van der Waals surface area contributed by atoms with Gasteiger partial charge in [-0.3, -0.25) is 4.57 Å². The standard InChI is InChI=1S/C42H29N3/c1-4-14-28(15-5-1)31-24-25-39-36(26-31)33-21-12-13-23-38(33)45(39)42-43-40(30-18-8-3-9-19-30)37-27-35(29-16-6-2-7-17-29)32-20-10-11-22-34(32)41(37)44-42/h1-11,14-27H,12-13H2. The monoisotopic (exact) mass is 575 g/mol. The molecule has 45 heavy (non-hydrogen) atoms. The lowest BCUT2D eigenvalue weighted by atomic mass is 9.94. The highest BCUT2D eigenvalue weighted by Gasteiger charge is 2.20. The Bertz CT molecular complexity index is 2510. The third-order valence-corrected chi connectivity index (χ3v) is 9.03. The highest BCUT2D eigenvalue weighted by molar-refractivity contribution is 6.15. The fourth-order valence-corrected chi connectivity index (χ4v) is 6.94. The van der Waals surface area contributed by atoms with Crippen molar-refractivity contribution in [2.24, 2.45) is 0 Å². The van der Waals surface area contributed by atoms with E-state index in [1.165, 1.54) is 43.6 Å². The van der Waals surface area contributed by atoms with Gasteiger partial charge in [-0.1, -0.05) is 133 Å². The average Bonchev–Trinajstić information content (AvgIpc) is 3.46. The van der Waals surface area contributed by atoms with Crippen LogP contribution >= 0.6 is 0 Å². The first kappa shape index (κ1) is 25.7. The van der Waals surface area contributed by atoms with E-state index in [-0.39, 0.29) is 0 Å². The number of hydrogen-bond acceptors (Lipinski definition) is 2. The SMILES string of the molecule is C1=c2c(n(-c3nc(-c4ccccc4)c4cc(-c5ccccc5)c5ccccc5c4n3)c3ccc(-c4ccccc4)cc23)=CCC1. The molecule has 0 amide bonds. The van der Waals surface area contributed by atoms with Gasteiger partial charge in [-0.25, -0.2) is 9.97 Å². The second-order valence-electron chi connectivity index (χ2n) is 11.7. The van der Waals surface area contributed by atoms with E-state index < -0.39 is 0 Å². The van der Waals surface area contributed by atoms with Crippen molar-refractivity contribution in [2.45, 2.75) is 12.8 Å². The van der Waals surface area contributed by atoms with Crippen LogP contribution in [0.2, 0.25) is 0 Å². The van der Waals surface area contributed by atoms with Crippen LogP contribution in [0.1, 0.15) is 12.8 Å². The zero-order valence-electron chi connectivity index (χ0n) is 24.7. The summed E-state index contributed by atoms with van der Waals surface area (Å²) in [7, 11) is 0. The lowest BCUT2D eigenvalue weighted by molar-refractivity contribution is 0.938. The van der Waals surface area contributed by atoms with Crippen molar-refractivity contribution in [1.82, 2.24) is 14.5 Å². The van der Waals surface area contributed by atoms with Crippen LogP contribution < -0.4 is 10.6 Å². The van der Waals surface area contributed by atoms with Gasteiger partial charge in [0.05, 0.1) is 22.1 Å². The minimum absolute atomic E-state index is 0.698. The minimum atomic E-state index is 0.698. The van der Waals surface area contributed by atoms with E-state index in [4.69, 9.17) is 9.97 Å². The summed E-state index contributed by atoms with van der Waals surface area (Å²) in [6.07, 6.45) is 6.76. The van der Waals surface area contributed by atoms with Crippen molar-refractivity contribution in [3.63, 3.8) is 0 Å². The van der Waals surface area contributed by atoms with Crippen molar-refractivity contribution in [3.8, 4) is 39.5 Å². The molecule has 3 heteroatoms. The first-order valence-corrected chi connectivity index (χ1v) is 15.6. The Hall–Kier alpha value is -5.80. The number of hydrogen-bond donors (Lipinski definition) is 0. The van der Waals surface area contributed by atoms with Crippen LogP contribution in [-0.2, 0) is 0 Å². The van der Waals surface area contributed by atoms with E-state index in [1.807, 2.05) is 0 Å². The van der Waals surface area contributed by atoms with Crippen molar-refractivity contribution in [2.75, 3.05) is 0 Å². The van der Waals surface area contributed by atoms with Crippen LogP contribution in [0.4, 0.5) is 0 Å². The second kappa shape index (κ2) is 10.4. The minimum Gasteiger partial charge on any atom is -0.278 e. The van der Waals surface area contributed by atoms with Crippen molar-refractivity contribution in [1.29, 1.82) is 0 Å². The fourth-order valence-electron chi connectivity index (χ4n) is 6.94. The maximum Gasteiger partial charge on any atom is 0.235 e. The number of aromatic nitrogens is 3. The van der Waals surface area contributed by atoms with Gasteiger partial charge in [-0.05, 0) is 58.7 Å². The summed E-state index contributed by atoms with van der Waals surface area (Å²) in [6.45, 7) is 0. The summed E-state index contributed by atoms with van der Waals surface area (Å²) in [5, 5.41) is 7.04. The molecule has 6 aromatic carbocycles. The molecule has 1 aliphatic carbocycles. The van der Waals surface area contributed by atoms with Crippen molar-refractivity contribution < 1.29 is 0 Å². The largest absolute Gasteiger partial charge is 0.278 e. The molecule has 0 spiro atoms. The molecule has 9 rings (SSSR count). The number of benzene rings is 6. The summed E-state index contributed by atoms with van der Waals surface area (Å²) < 4.78 is 2.28. The van der Waals surface area contributed by atoms with Crippen LogP contribution in [0.3, 0.4) is 0 Å². The topological polar surface area (TPSA) is 30.7 Å². The molecule has 2 heterocycles. The smallest absolute Gasteiger partial charge is 0.235 e. The molecule has 0 fully saturated rings. The Morgan fingerprint density at radius 1 is 0.467 bits per heavy atom. The van der Waals surface area contributed by atoms with Gasteiger partial charge < -0.3 is 0 Å². The predicted octanol–water partition coefficient (Wildman–Crippen LogP) is 9.08. The number of nitrogens with zero attached hydrogens (tertiary/aromatic N) is 3. The molecule has 0 saturated heterocycles. The van der Waals surface area contributed by atoms with Crippen molar-refractivity contribution in [3.05, 3.63) is 150 Å². The lowest BCUT2D eigenvalue weighted by Gasteiger charge is -2.16. The molecule has 0 bridgehead atoms. The highest BCUT2D eigenvalue weighted by Crippen LogP contribution is 2.38. The van der Waals surface area contributed by atoms with Gasteiger partial charge in [0, 0.05) is 26.9 Å². The normalized spacial score (nSPS) is 12.6. The summed E-state index contributed by atoms with van der Waals surface area (Å²) >= 11 is 0. The second-order valence-corrected chi connectivity index (χ2v) is 11.7. The summed E-state index contributed by atoms with van der Waals surface area (Å²) in [5.74, 6) is 0.698. The van der Waals surface area contributed by atoms with Crippen LogP contribution in [0.5, 0.6) is 0 Å². The van der Waals surface area contributed by atoms with E-state index in [0.29, 0.717) is 5.95 Å². The maximum absolute atomic E-state index is 5.42. The zero-order valence-corrected chi connectivity index (χ0v) is 24.7. The Kier molecular flexibility index (Phi) is 5.95. The molecule has 0 unspecified atom stereocenters. The predicted molar refractivity (Wildman–Crippen MR) is 188 cm³/mol. The quantitative estimate of drug-likeness (QED) is 0.196. The van der Waals surface area contributed by atoms with E-state index in [9.17, 15) is 0 Å². The number of rotatable bonds is 4. The van der Waals surface area contributed by atoms with Gasteiger partial charge in [-0.2, -0.15) is 0 Å². The van der Waals surface area contributed by atoms with Crippen LogP contribution in [0, 0.1) is 0 Å². The van der Waals surface area contributed by atoms with Gasteiger partial charge in [-0.15, -0.1) is 0 Å². The highest BCUT2D eigenvalue weighted by atomic mass is 15.2. The first-order valence-electron chi connectivity index (χ1n) is 15.6. The summed E-state index contributed by atoms with van der Waals surface area (Å²) in [5.41, 5.74) is 8.90. The Labute approximate surface area is 261 Å². The molecule has 3 nitrogen and oxygen atoms in total. The maximum atomic E-state index is 5.42. The van der Waals surface area contributed by atoms with E-state index in [1.54, 1.807) is 0 Å². The van der Waals surface area contributed by atoms with Crippen LogP contribution in [-0.4, -0.2) is 14.5 Å². The molecular weight excluding hydrogens is 546 g/mol. The molecule has 0 saturated carbocycles. The molecule has 2 aromatic heterocycles. The molecule has 1 aliphatic rings. The third-order valence-electron chi connectivity index (χ3n) is 9.03. The third kappa shape index (κ3) is 4.20. The molecule has 0 atom stereocenters. The van der Waals surface area contributed by atoms with Gasteiger partial charge >= 0.3 is 0 Å². The first-order chi connectivity index (χ1) is 22.3. The average molecular weight is 576 g/mol. The Morgan fingerprint density at radius 3 is 1.87 bits per heavy atom. The lowest BCUT2D eigenvalue weighted by Crippen LogP contribution is -2.31. The van der Waals surface area contributed by atoms with Crippen LogP contribution in [0.15, 0.2) is 140 Å². The van der Waals surface area contributed by atoms with E-state index in [0.717, 1.165) is 45.9 Å². The molecule has 8 aromatic rings. The molecule has 0 radical (unpaired) electrons. The summed E-state index contributed by atoms with van der Waals surface area (Å²) in [6, 6.07) is 49.5. The zero-order chi connectivity index (χ0) is 29.7. The molecule has 0 aliphatic heterocycles. The van der Waals surface area contributed by atoms with Crippen molar-refractivity contribution >= 4 is 44.7 Å². The van der Waals surface area contributed by atoms with Gasteiger partial charge in [0.1, 0.15) is 0 Å². The molecule has 0 N–H and O–H groups in total. The Balaban J connectivity index is 1.39. The Morgan fingerprint density at radius 2 is 1.11 bits per heavy atom. The van der Waals surface area contributed by atoms with E-state index >= 15 is 0 Å². The fraction of sp³-hybridized carbons (Fsp3) is 0.0476.